The fraction of sp³-hybridized carbons (Fsp3) is 0.364. The summed E-state index contributed by atoms with van der Waals surface area (Å²) < 4.78 is 4.22. The van der Waals surface area contributed by atoms with Crippen molar-refractivity contribution in [3.63, 3.8) is 0 Å². The van der Waals surface area contributed by atoms with Gasteiger partial charge in [0, 0.05) is 0 Å². The number of hydrogen-bond donors (Lipinski definition) is 1. The van der Waals surface area contributed by atoms with Crippen molar-refractivity contribution in [2.24, 2.45) is 5.92 Å². The van der Waals surface area contributed by atoms with Gasteiger partial charge in [-0.05, 0) is 5.92 Å². The first-order chi connectivity index (χ1) is 6.63. The van der Waals surface area contributed by atoms with E-state index in [-0.39, 0.29) is 12.5 Å². The summed E-state index contributed by atoms with van der Waals surface area (Å²) in [5.74, 6) is 0.283. The summed E-state index contributed by atoms with van der Waals surface area (Å²) in [6.07, 6.45) is -1.20. The third-order valence-electron chi connectivity index (χ3n) is 1.21. The summed E-state index contributed by atoms with van der Waals surface area (Å²) in [6.45, 7) is 4.07. The molecule has 0 unspecified atom stereocenters. The molecular formula is C11H16O3. The molecule has 0 radical (unpaired) electrons. The Morgan fingerprint density at radius 3 is 1.64 bits per heavy atom. The SMILES string of the molecule is CC(C)COC(=O)O.c1ccccc1. The highest BCUT2D eigenvalue weighted by molar-refractivity contribution is 5.56. The Bertz CT molecular complexity index is 205. The van der Waals surface area contributed by atoms with Gasteiger partial charge in [0.25, 0.3) is 0 Å². The zero-order valence-corrected chi connectivity index (χ0v) is 8.51. The largest absolute Gasteiger partial charge is 0.505 e. The van der Waals surface area contributed by atoms with Crippen LogP contribution < -0.4 is 0 Å². The molecule has 3 heteroatoms. The lowest BCUT2D eigenvalue weighted by molar-refractivity contribution is 0.0814. The second-order valence-corrected chi connectivity index (χ2v) is 3.13. The number of rotatable bonds is 2. The molecule has 0 fully saturated rings. The Morgan fingerprint density at radius 2 is 1.50 bits per heavy atom. The van der Waals surface area contributed by atoms with Crippen molar-refractivity contribution in [1.29, 1.82) is 0 Å². The lowest BCUT2D eigenvalue weighted by atomic mass is 10.2. The van der Waals surface area contributed by atoms with Crippen molar-refractivity contribution < 1.29 is 14.6 Å². The summed E-state index contributed by atoms with van der Waals surface area (Å²) in [4.78, 5) is 9.68. The van der Waals surface area contributed by atoms with Gasteiger partial charge in [0.1, 0.15) is 0 Å². The van der Waals surface area contributed by atoms with Crippen LogP contribution in [-0.4, -0.2) is 17.9 Å². The molecule has 0 aliphatic carbocycles. The van der Waals surface area contributed by atoms with E-state index in [0.717, 1.165) is 0 Å². The molecule has 1 aromatic carbocycles. The van der Waals surface area contributed by atoms with Crippen LogP contribution >= 0.6 is 0 Å². The fourth-order valence-electron chi connectivity index (χ4n) is 0.623. The normalized spacial score (nSPS) is 8.79. The topological polar surface area (TPSA) is 46.5 Å². The molecule has 0 aliphatic rings. The van der Waals surface area contributed by atoms with Gasteiger partial charge in [-0.1, -0.05) is 50.2 Å². The van der Waals surface area contributed by atoms with Crippen LogP contribution in [0.3, 0.4) is 0 Å². The molecule has 0 atom stereocenters. The minimum Gasteiger partial charge on any atom is -0.450 e. The predicted octanol–water partition coefficient (Wildman–Crippen LogP) is 3.02. The molecule has 0 aliphatic heterocycles. The van der Waals surface area contributed by atoms with E-state index in [2.05, 4.69) is 4.74 Å². The number of hydrogen-bond acceptors (Lipinski definition) is 2. The van der Waals surface area contributed by atoms with Crippen LogP contribution in [0.2, 0.25) is 0 Å². The molecule has 0 saturated carbocycles. The minimum atomic E-state index is -1.20. The summed E-state index contributed by atoms with van der Waals surface area (Å²) >= 11 is 0. The number of ether oxygens (including phenoxy) is 1. The zero-order chi connectivity index (χ0) is 10.8. The van der Waals surface area contributed by atoms with Crippen LogP contribution in [0, 0.1) is 5.92 Å². The van der Waals surface area contributed by atoms with Gasteiger partial charge in [0.2, 0.25) is 0 Å². The van der Waals surface area contributed by atoms with Gasteiger partial charge in [-0.3, -0.25) is 0 Å². The summed E-state index contributed by atoms with van der Waals surface area (Å²) in [6, 6.07) is 12.0. The second-order valence-electron chi connectivity index (χ2n) is 3.13. The van der Waals surface area contributed by atoms with Gasteiger partial charge in [-0.15, -0.1) is 0 Å². The Labute approximate surface area is 84.3 Å². The number of benzene rings is 1. The minimum absolute atomic E-state index is 0.283. The summed E-state index contributed by atoms with van der Waals surface area (Å²) in [5, 5.41) is 7.94. The molecule has 0 bridgehead atoms. The van der Waals surface area contributed by atoms with Crippen molar-refractivity contribution in [1.82, 2.24) is 0 Å². The highest BCUT2D eigenvalue weighted by Gasteiger charge is 1.97. The van der Waals surface area contributed by atoms with E-state index in [0.29, 0.717) is 0 Å². The molecule has 14 heavy (non-hydrogen) atoms. The number of carboxylic acid groups (broad SMARTS) is 1. The van der Waals surface area contributed by atoms with E-state index < -0.39 is 6.16 Å². The van der Waals surface area contributed by atoms with Crippen LogP contribution in [0.1, 0.15) is 13.8 Å². The van der Waals surface area contributed by atoms with Gasteiger partial charge in [0.05, 0.1) is 6.61 Å². The Hall–Kier alpha value is -1.51. The maximum absolute atomic E-state index is 9.68. The average Bonchev–Trinajstić information content (AvgIpc) is 2.18. The van der Waals surface area contributed by atoms with Gasteiger partial charge >= 0.3 is 6.16 Å². The van der Waals surface area contributed by atoms with Gasteiger partial charge in [-0.25, -0.2) is 4.79 Å². The van der Waals surface area contributed by atoms with E-state index in [9.17, 15) is 4.79 Å². The Morgan fingerprint density at radius 1 is 1.14 bits per heavy atom. The molecular weight excluding hydrogens is 180 g/mol. The third kappa shape index (κ3) is 10.5. The van der Waals surface area contributed by atoms with E-state index >= 15 is 0 Å². The molecule has 0 saturated heterocycles. The van der Waals surface area contributed by atoms with Crippen molar-refractivity contribution in [2.75, 3.05) is 6.61 Å². The molecule has 1 N–H and O–H groups in total. The first-order valence-electron chi connectivity index (χ1n) is 4.48. The smallest absolute Gasteiger partial charge is 0.450 e. The highest BCUT2D eigenvalue weighted by Crippen LogP contribution is 1.91. The van der Waals surface area contributed by atoms with Crippen molar-refractivity contribution in [2.45, 2.75) is 13.8 Å². The van der Waals surface area contributed by atoms with Gasteiger partial charge < -0.3 is 9.84 Å². The molecule has 0 spiro atoms. The van der Waals surface area contributed by atoms with Gasteiger partial charge in [-0.2, -0.15) is 0 Å². The van der Waals surface area contributed by atoms with Crippen LogP contribution in [0.25, 0.3) is 0 Å². The monoisotopic (exact) mass is 196 g/mol. The third-order valence-corrected chi connectivity index (χ3v) is 1.21. The zero-order valence-electron chi connectivity index (χ0n) is 8.51. The van der Waals surface area contributed by atoms with Crippen molar-refractivity contribution in [3.8, 4) is 0 Å². The van der Waals surface area contributed by atoms with Gasteiger partial charge in [0.15, 0.2) is 0 Å². The van der Waals surface area contributed by atoms with E-state index in [4.69, 9.17) is 5.11 Å². The lowest BCUT2D eigenvalue weighted by Gasteiger charge is -2.00. The molecule has 1 aromatic rings. The van der Waals surface area contributed by atoms with Crippen molar-refractivity contribution >= 4 is 6.16 Å². The summed E-state index contributed by atoms with van der Waals surface area (Å²) in [5.41, 5.74) is 0. The van der Waals surface area contributed by atoms with Crippen LogP contribution in [-0.2, 0) is 4.74 Å². The molecule has 3 nitrogen and oxygen atoms in total. The molecule has 78 valence electrons. The van der Waals surface area contributed by atoms with Crippen LogP contribution in [0.15, 0.2) is 36.4 Å². The Kier molecular flexibility index (Phi) is 7.23. The molecule has 0 amide bonds. The molecule has 0 heterocycles. The Balaban J connectivity index is 0.000000249. The van der Waals surface area contributed by atoms with Crippen LogP contribution in [0.5, 0.6) is 0 Å². The number of carbonyl (C=O) groups is 1. The highest BCUT2D eigenvalue weighted by atomic mass is 16.7. The summed E-state index contributed by atoms with van der Waals surface area (Å²) in [7, 11) is 0. The average molecular weight is 196 g/mol. The predicted molar refractivity (Wildman–Crippen MR) is 55.3 cm³/mol. The molecule has 0 aromatic heterocycles. The quantitative estimate of drug-likeness (QED) is 0.739. The lowest BCUT2D eigenvalue weighted by Crippen LogP contribution is -2.06. The fourth-order valence-corrected chi connectivity index (χ4v) is 0.623. The standard InChI is InChI=1S/C6H6.C5H10O3/c1-2-4-6-5-3-1;1-4(2)3-8-5(6)7/h1-6H;4H,3H2,1-2H3,(H,6,7). The van der Waals surface area contributed by atoms with Crippen LogP contribution in [0.4, 0.5) is 4.79 Å². The second kappa shape index (κ2) is 8.10. The maximum atomic E-state index is 9.68. The maximum Gasteiger partial charge on any atom is 0.505 e. The first-order valence-corrected chi connectivity index (χ1v) is 4.48. The van der Waals surface area contributed by atoms with E-state index in [1.54, 1.807) is 0 Å². The van der Waals surface area contributed by atoms with E-state index in [1.807, 2.05) is 50.2 Å². The van der Waals surface area contributed by atoms with E-state index in [1.165, 1.54) is 0 Å². The molecule has 1 rings (SSSR count). The van der Waals surface area contributed by atoms with Crippen molar-refractivity contribution in [3.05, 3.63) is 36.4 Å². The first kappa shape index (κ1) is 12.5.